The number of hydrogen-bond donors (Lipinski definition) is 0. The fourth-order valence-electron chi connectivity index (χ4n) is 4.36. The van der Waals surface area contributed by atoms with Gasteiger partial charge in [0.1, 0.15) is 5.82 Å². The maximum Gasteiger partial charge on any atom is 0.249 e. The fraction of sp³-hybridized carbons (Fsp3) is 0.500. The van der Waals surface area contributed by atoms with Gasteiger partial charge >= 0.3 is 0 Å². The molecule has 7 heteroatoms. The molecule has 1 aliphatic carbocycles. The molecular weight excluding hydrogens is 376 g/mol. The van der Waals surface area contributed by atoms with Gasteiger partial charge in [0.05, 0.1) is 12.6 Å². The minimum absolute atomic E-state index is 0.0469. The normalized spacial score (nSPS) is 24.7. The van der Waals surface area contributed by atoms with Gasteiger partial charge in [0.15, 0.2) is 11.6 Å². The highest BCUT2D eigenvalue weighted by Crippen LogP contribution is 2.37. The van der Waals surface area contributed by atoms with Crippen LogP contribution >= 0.6 is 0 Å². The number of rotatable bonds is 4. The zero-order valence-electron chi connectivity index (χ0n) is 16.5. The highest BCUT2D eigenvalue weighted by atomic mass is 19.2. The molecule has 0 spiro atoms. The van der Waals surface area contributed by atoms with E-state index in [1.165, 1.54) is 11.1 Å². The third kappa shape index (κ3) is 4.45. The number of carbonyl (C=O) groups is 1. The number of aromatic nitrogens is 2. The number of carbonyl (C=O) groups excluding carboxylic acids is 1. The van der Waals surface area contributed by atoms with Crippen molar-refractivity contribution in [3.05, 3.63) is 59.2 Å². The summed E-state index contributed by atoms with van der Waals surface area (Å²) in [4.78, 5) is 27.1. The minimum Gasteiger partial charge on any atom is -0.272 e. The van der Waals surface area contributed by atoms with Gasteiger partial charge in [0, 0.05) is 24.7 Å². The van der Waals surface area contributed by atoms with Crippen LogP contribution in [0, 0.1) is 30.4 Å². The molecule has 5 nitrogen and oxygen atoms in total. The largest absolute Gasteiger partial charge is 0.272 e. The Hall–Kier alpha value is -2.41. The lowest BCUT2D eigenvalue weighted by molar-refractivity contribution is -0.183. The lowest BCUT2D eigenvalue weighted by Gasteiger charge is -2.32. The average molecular weight is 401 g/mol. The number of halogens is 2. The Morgan fingerprint density at radius 3 is 2.52 bits per heavy atom. The van der Waals surface area contributed by atoms with Crippen molar-refractivity contribution >= 4 is 5.91 Å². The summed E-state index contributed by atoms with van der Waals surface area (Å²) in [6.07, 6.45) is 8.82. The first-order chi connectivity index (χ1) is 14.0. The van der Waals surface area contributed by atoms with Crippen molar-refractivity contribution in [2.24, 2.45) is 11.8 Å². The van der Waals surface area contributed by atoms with Gasteiger partial charge in [-0.25, -0.2) is 23.8 Å². The predicted octanol–water partition coefficient (Wildman–Crippen LogP) is 4.32. The van der Waals surface area contributed by atoms with Gasteiger partial charge in [-0.15, -0.1) is 0 Å². The molecule has 1 saturated heterocycles. The quantitative estimate of drug-likeness (QED) is 0.766. The summed E-state index contributed by atoms with van der Waals surface area (Å²) in [5.74, 6) is -0.637. The van der Waals surface area contributed by atoms with Crippen LogP contribution in [0.1, 0.15) is 55.1 Å². The molecule has 1 saturated carbocycles. The van der Waals surface area contributed by atoms with Crippen molar-refractivity contribution in [2.75, 3.05) is 6.61 Å². The maximum absolute atomic E-state index is 13.6. The Morgan fingerprint density at radius 1 is 1.10 bits per heavy atom. The second kappa shape index (κ2) is 8.53. The summed E-state index contributed by atoms with van der Waals surface area (Å²) in [5.41, 5.74) is 1.70. The van der Waals surface area contributed by atoms with Gasteiger partial charge in [-0.2, -0.15) is 0 Å². The van der Waals surface area contributed by atoms with Crippen molar-refractivity contribution in [1.29, 1.82) is 0 Å². The maximum atomic E-state index is 13.6. The van der Waals surface area contributed by atoms with E-state index in [0.717, 1.165) is 55.6 Å². The molecule has 1 aromatic heterocycles. The number of hydrogen-bond acceptors (Lipinski definition) is 4. The van der Waals surface area contributed by atoms with Gasteiger partial charge < -0.3 is 0 Å². The molecule has 1 aromatic carbocycles. The van der Waals surface area contributed by atoms with Crippen molar-refractivity contribution in [3.8, 4) is 0 Å². The zero-order chi connectivity index (χ0) is 20.4. The van der Waals surface area contributed by atoms with E-state index in [2.05, 4.69) is 9.97 Å². The molecule has 2 fully saturated rings. The van der Waals surface area contributed by atoms with Crippen molar-refractivity contribution < 1.29 is 18.4 Å². The third-order valence-electron chi connectivity index (χ3n) is 6.01. The molecule has 1 aliphatic heterocycles. The average Bonchev–Trinajstić information content (AvgIpc) is 3.22. The fourth-order valence-corrected chi connectivity index (χ4v) is 4.36. The standard InChI is InChI=1S/C22H25F2N3O2/c1-14-25-12-16(13-26-14)10-15-2-4-17(5-3-15)22(28)27-21(8-9-29-27)18-6-7-19(23)20(24)11-18/h6-7,11-13,15,17,21H,2-5,8-10H2,1H3/t15-,17-,21-/m0/s1. The molecule has 1 atom stereocenters. The number of nitrogens with zero attached hydrogens (tertiary/aromatic N) is 3. The number of amides is 1. The van der Waals surface area contributed by atoms with Gasteiger partial charge in [-0.05, 0) is 68.2 Å². The molecular formula is C22H25F2N3O2. The smallest absolute Gasteiger partial charge is 0.249 e. The molecule has 0 bridgehead atoms. The lowest BCUT2D eigenvalue weighted by atomic mass is 9.79. The second-order valence-corrected chi connectivity index (χ2v) is 8.04. The first-order valence-electron chi connectivity index (χ1n) is 10.2. The van der Waals surface area contributed by atoms with E-state index in [4.69, 9.17) is 4.84 Å². The Morgan fingerprint density at radius 2 is 1.83 bits per heavy atom. The van der Waals surface area contributed by atoms with E-state index < -0.39 is 11.6 Å². The summed E-state index contributed by atoms with van der Waals surface area (Å²) in [7, 11) is 0. The first-order valence-corrected chi connectivity index (χ1v) is 10.2. The first kappa shape index (κ1) is 19.9. The Kier molecular flexibility index (Phi) is 5.85. The predicted molar refractivity (Wildman–Crippen MR) is 102 cm³/mol. The molecule has 0 unspecified atom stereocenters. The van der Waals surface area contributed by atoms with Crippen molar-refractivity contribution in [2.45, 2.75) is 51.5 Å². The molecule has 2 aliphatic rings. The molecule has 2 aromatic rings. The van der Waals surface area contributed by atoms with Crippen molar-refractivity contribution in [1.82, 2.24) is 15.0 Å². The van der Waals surface area contributed by atoms with Gasteiger partial charge in [-0.3, -0.25) is 9.63 Å². The van der Waals surface area contributed by atoms with Crippen LogP contribution in [0.25, 0.3) is 0 Å². The van der Waals surface area contributed by atoms with Crippen LogP contribution in [0.4, 0.5) is 8.78 Å². The van der Waals surface area contributed by atoms with Crippen LogP contribution in [-0.4, -0.2) is 27.5 Å². The summed E-state index contributed by atoms with van der Waals surface area (Å²) < 4.78 is 26.9. The van der Waals surface area contributed by atoms with Gasteiger partial charge in [-0.1, -0.05) is 6.07 Å². The molecule has 2 heterocycles. The summed E-state index contributed by atoms with van der Waals surface area (Å²) in [5, 5.41) is 1.39. The summed E-state index contributed by atoms with van der Waals surface area (Å²) >= 11 is 0. The molecule has 0 N–H and O–H groups in total. The van der Waals surface area contributed by atoms with Crippen LogP contribution in [0.5, 0.6) is 0 Å². The van der Waals surface area contributed by atoms with E-state index >= 15 is 0 Å². The van der Waals surface area contributed by atoms with Crippen LogP contribution in [0.15, 0.2) is 30.6 Å². The van der Waals surface area contributed by atoms with Crippen molar-refractivity contribution in [3.63, 3.8) is 0 Å². The van der Waals surface area contributed by atoms with Crippen LogP contribution in [0.2, 0.25) is 0 Å². The van der Waals surface area contributed by atoms with E-state index in [0.29, 0.717) is 24.5 Å². The van der Waals surface area contributed by atoms with Crippen LogP contribution < -0.4 is 0 Å². The molecule has 0 radical (unpaired) electrons. The number of aryl methyl sites for hydroxylation is 1. The molecule has 29 heavy (non-hydrogen) atoms. The molecule has 1 amide bonds. The topological polar surface area (TPSA) is 55.3 Å². The lowest BCUT2D eigenvalue weighted by Crippen LogP contribution is -2.36. The second-order valence-electron chi connectivity index (χ2n) is 8.04. The Labute approximate surface area is 169 Å². The number of hydroxylamine groups is 2. The van der Waals surface area contributed by atoms with Gasteiger partial charge in [0.2, 0.25) is 5.91 Å². The number of benzene rings is 1. The minimum atomic E-state index is -0.901. The zero-order valence-corrected chi connectivity index (χ0v) is 16.5. The van der Waals surface area contributed by atoms with Crippen LogP contribution in [0.3, 0.4) is 0 Å². The Bertz CT molecular complexity index is 867. The van der Waals surface area contributed by atoms with Crippen LogP contribution in [-0.2, 0) is 16.1 Å². The third-order valence-corrected chi connectivity index (χ3v) is 6.01. The Balaban J connectivity index is 1.36. The van der Waals surface area contributed by atoms with E-state index in [1.807, 2.05) is 19.3 Å². The molecule has 154 valence electrons. The van der Waals surface area contributed by atoms with E-state index in [1.54, 1.807) is 0 Å². The highest BCUT2D eigenvalue weighted by molar-refractivity contribution is 5.78. The highest BCUT2D eigenvalue weighted by Gasteiger charge is 2.37. The van der Waals surface area contributed by atoms with Gasteiger partial charge in [0.25, 0.3) is 0 Å². The summed E-state index contributed by atoms with van der Waals surface area (Å²) in [6, 6.07) is 3.43. The SMILES string of the molecule is Cc1ncc(C[C@H]2CC[C@H](C(=O)N3OCC[C@H]3c3ccc(F)c(F)c3)CC2)cn1. The van der Waals surface area contributed by atoms with E-state index in [-0.39, 0.29) is 17.9 Å². The monoisotopic (exact) mass is 401 g/mol. The van der Waals surface area contributed by atoms with E-state index in [9.17, 15) is 13.6 Å². The molecule has 4 rings (SSSR count). The summed E-state index contributed by atoms with van der Waals surface area (Å²) in [6.45, 7) is 2.27.